The van der Waals surface area contributed by atoms with Gasteiger partial charge < -0.3 is 9.84 Å². The van der Waals surface area contributed by atoms with Crippen molar-refractivity contribution in [3.8, 4) is 11.4 Å². The molecule has 1 N–H and O–H groups in total. The van der Waals surface area contributed by atoms with E-state index >= 15 is 0 Å². The van der Waals surface area contributed by atoms with E-state index in [1.165, 1.54) is 13.2 Å². The normalized spacial score (nSPS) is 11.7. The van der Waals surface area contributed by atoms with E-state index in [1.54, 1.807) is 30.3 Å². The van der Waals surface area contributed by atoms with Crippen molar-refractivity contribution in [3.63, 3.8) is 0 Å². The van der Waals surface area contributed by atoms with Crippen LogP contribution in [0.25, 0.3) is 16.5 Å². The number of methoxy groups -OCH3 is 1. The average molecular weight is 383 g/mol. The van der Waals surface area contributed by atoms with Crippen molar-refractivity contribution in [1.29, 1.82) is 0 Å². The van der Waals surface area contributed by atoms with Gasteiger partial charge in [0.15, 0.2) is 5.16 Å². The lowest BCUT2D eigenvalue weighted by Gasteiger charge is -2.15. The molecule has 3 aromatic rings. The van der Waals surface area contributed by atoms with Crippen molar-refractivity contribution >= 4 is 28.5 Å². The first-order valence-electron chi connectivity index (χ1n) is 7.26. The highest BCUT2D eigenvalue weighted by Crippen LogP contribution is 2.37. The number of halogens is 3. The maximum absolute atomic E-state index is 13.4. The fourth-order valence-corrected chi connectivity index (χ4v) is 3.18. The van der Waals surface area contributed by atoms with Crippen LogP contribution in [0.3, 0.4) is 0 Å². The number of fused-ring (bicyclic) bond motifs is 1. The van der Waals surface area contributed by atoms with E-state index in [0.29, 0.717) is 28.3 Å². The van der Waals surface area contributed by atoms with Crippen LogP contribution in [0.1, 0.15) is 5.82 Å². The Hall–Kier alpha value is -2.75. The number of thioether (sulfide) groups is 1. The Bertz CT molecular complexity index is 972. The Morgan fingerprint density at radius 2 is 1.88 bits per heavy atom. The van der Waals surface area contributed by atoms with Crippen LogP contribution in [0.2, 0.25) is 0 Å². The van der Waals surface area contributed by atoms with Gasteiger partial charge >= 0.3 is 12.1 Å². The Kier molecular flexibility index (Phi) is 4.77. The number of ether oxygens (including phenoxy) is 1. The van der Waals surface area contributed by atoms with Crippen molar-refractivity contribution in [1.82, 2.24) is 14.8 Å². The molecule has 1 heterocycles. The van der Waals surface area contributed by atoms with Crippen molar-refractivity contribution < 1.29 is 27.8 Å². The summed E-state index contributed by atoms with van der Waals surface area (Å²) in [4.78, 5) is 10.8. The van der Waals surface area contributed by atoms with Crippen LogP contribution in [-0.4, -0.2) is 38.7 Å². The van der Waals surface area contributed by atoms with Crippen molar-refractivity contribution in [2.45, 2.75) is 11.3 Å². The smallest absolute Gasteiger partial charge is 0.452 e. The number of hydrogen-bond acceptors (Lipinski definition) is 5. The minimum atomic E-state index is -4.75. The fraction of sp³-hybridized carbons (Fsp3) is 0.188. The zero-order valence-corrected chi connectivity index (χ0v) is 14.1. The van der Waals surface area contributed by atoms with Gasteiger partial charge in [-0.1, -0.05) is 36.0 Å². The summed E-state index contributed by atoms with van der Waals surface area (Å²) in [6, 6.07) is 9.81. The third-order valence-corrected chi connectivity index (χ3v) is 4.45. The number of carboxylic acid groups (broad SMARTS) is 1. The van der Waals surface area contributed by atoms with E-state index in [1.807, 2.05) is 0 Å². The van der Waals surface area contributed by atoms with E-state index in [4.69, 9.17) is 9.84 Å². The van der Waals surface area contributed by atoms with Crippen LogP contribution in [0, 0.1) is 0 Å². The molecular formula is C16H12F3N3O3S. The molecule has 0 saturated carbocycles. The third-order valence-electron chi connectivity index (χ3n) is 3.53. The molecule has 6 nitrogen and oxygen atoms in total. The molecule has 0 fully saturated rings. The van der Waals surface area contributed by atoms with Crippen molar-refractivity contribution in [2.24, 2.45) is 0 Å². The van der Waals surface area contributed by atoms with Gasteiger partial charge in [-0.25, -0.2) is 0 Å². The van der Waals surface area contributed by atoms with Gasteiger partial charge in [0.1, 0.15) is 5.75 Å². The lowest BCUT2D eigenvalue weighted by atomic mass is 10.1. The number of aliphatic carboxylic acids is 1. The van der Waals surface area contributed by atoms with Crippen LogP contribution >= 0.6 is 11.8 Å². The van der Waals surface area contributed by atoms with Crippen LogP contribution in [0.4, 0.5) is 13.2 Å². The Labute approximate surface area is 149 Å². The first-order chi connectivity index (χ1) is 12.3. The van der Waals surface area contributed by atoms with Gasteiger partial charge in [-0.05, 0) is 12.1 Å². The molecular weight excluding hydrogens is 371 g/mol. The van der Waals surface area contributed by atoms with Gasteiger partial charge in [-0.2, -0.15) is 13.2 Å². The summed E-state index contributed by atoms with van der Waals surface area (Å²) in [5, 5.41) is 16.6. The standard InChI is InChI=1S/C16H12F3N3O3S/c1-25-12-7-6-11(9-4-2-3-5-10(9)12)22-14(16(17,18)19)20-21-15(22)26-8-13(23)24/h2-7H,8H2,1H3,(H,23,24). The predicted octanol–water partition coefficient (Wildman–Crippen LogP) is 3.62. The summed E-state index contributed by atoms with van der Waals surface area (Å²) in [6.45, 7) is 0. The first-order valence-corrected chi connectivity index (χ1v) is 8.25. The number of nitrogens with zero attached hydrogens (tertiary/aromatic N) is 3. The molecule has 0 saturated heterocycles. The van der Waals surface area contributed by atoms with Gasteiger partial charge in [-0.15, -0.1) is 10.2 Å². The number of carboxylic acids is 1. The average Bonchev–Trinajstić information content (AvgIpc) is 3.03. The Morgan fingerprint density at radius 1 is 1.19 bits per heavy atom. The molecule has 1 aromatic heterocycles. The highest BCUT2D eigenvalue weighted by molar-refractivity contribution is 7.99. The molecule has 2 aromatic carbocycles. The molecule has 0 aliphatic rings. The van der Waals surface area contributed by atoms with Crippen LogP contribution in [-0.2, 0) is 11.0 Å². The molecule has 0 aliphatic heterocycles. The van der Waals surface area contributed by atoms with Gasteiger partial charge in [0.25, 0.3) is 0 Å². The number of hydrogen-bond donors (Lipinski definition) is 1. The molecule has 3 rings (SSSR count). The molecule has 0 unspecified atom stereocenters. The molecule has 0 spiro atoms. The monoisotopic (exact) mass is 383 g/mol. The van der Waals surface area contributed by atoms with E-state index < -0.39 is 23.7 Å². The maximum atomic E-state index is 13.4. The zero-order valence-electron chi connectivity index (χ0n) is 13.3. The van der Waals surface area contributed by atoms with Gasteiger partial charge in [0.2, 0.25) is 5.82 Å². The highest BCUT2D eigenvalue weighted by atomic mass is 32.2. The predicted molar refractivity (Wildman–Crippen MR) is 88.8 cm³/mol. The zero-order chi connectivity index (χ0) is 18.9. The van der Waals surface area contributed by atoms with E-state index in [9.17, 15) is 18.0 Å². The van der Waals surface area contributed by atoms with Gasteiger partial charge in [-0.3, -0.25) is 9.36 Å². The lowest BCUT2D eigenvalue weighted by Crippen LogP contribution is -2.15. The first kappa shape index (κ1) is 18.1. The van der Waals surface area contributed by atoms with Crippen molar-refractivity contribution in [3.05, 3.63) is 42.2 Å². The van der Waals surface area contributed by atoms with E-state index in [-0.39, 0.29) is 10.8 Å². The van der Waals surface area contributed by atoms with Crippen LogP contribution < -0.4 is 4.74 Å². The summed E-state index contributed by atoms with van der Waals surface area (Å²) in [5.41, 5.74) is 0.187. The second-order valence-electron chi connectivity index (χ2n) is 5.15. The Morgan fingerprint density at radius 3 is 2.50 bits per heavy atom. The van der Waals surface area contributed by atoms with Crippen LogP contribution in [0.5, 0.6) is 5.75 Å². The molecule has 0 atom stereocenters. The molecule has 26 heavy (non-hydrogen) atoms. The van der Waals surface area contributed by atoms with E-state index in [0.717, 1.165) is 4.57 Å². The number of alkyl halides is 3. The molecule has 136 valence electrons. The van der Waals surface area contributed by atoms with Gasteiger partial charge in [0, 0.05) is 10.8 Å². The fourth-order valence-electron chi connectivity index (χ4n) is 2.52. The topological polar surface area (TPSA) is 77.2 Å². The molecule has 0 radical (unpaired) electrons. The lowest BCUT2D eigenvalue weighted by molar-refractivity contribution is -0.146. The highest BCUT2D eigenvalue weighted by Gasteiger charge is 2.39. The summed E-state index contributed by atoms with van der Waals surface area (Å²) in [5.74, 6) is -2.33. The van der Waals surface area contributed by atoms with Crippen LogP contribution in [0.15, 0.2) is 41.6 Å². The SMILES string of the molecule is COc1ccc(-n2c(SCC(=O)O)nnc2C(F)(F)F)c2ccccc12. The molecule has 0 aliphatic carbocycles. The molecule has 0 bridgehead atoms. The number of rotatable bonds is 5. The quantitative estimate of drug-likeness (QED) is 0.678. The summed E-state index contributed by atoms with van der Waals surface area (Å²) < 4.78 is 46.3. The summed E-state index contributed by atoms with van der Waals surface area (Å²) >= 11 is 0.664. The summed E-state index contributed by atoms with van der Waals surface area (Å²) in [6.07, 6.45) is -4.75. The second kappa shape index (κ2) is 6.87. The minimum Gasteiger partial charge on any atom is -0.496 e. The number of carbonyl (C=O) groups is 1. The summed E-state index contributed by atoms with van der Waals surface area (Å²) in [7, 11) is 1.47. The number of benzene rings is 2. The minimum absolute atomic E-state index is 0.157. The van der Waals surface area contributed by atoms with Gasteiger partial charge in [0.05, 0.1) is 18.6 Å². The second-order valence-corrected chi connectivity index (χ2v) is 6.10. The molecule has 10 heteroatoms. The van der Waals surface area contributed by atoms with Crippen molar-refractivity contribution in [2.75, 3.05) is 12.9 Å². The maximum Gasteiger partial charge on any atom is 0.452 e. The largest absolute Gasteiger partial charge is 0.496 e. The number of aromatic nitrogens is 3. The van der Waals surface area contributed by atoms with E-state index in [2.05, 4.69) is 10.2 Å². The Balaban J connectivity index is 2.27. The molecule has 0 amide bonds. The third kappa shape index (κ3) is 3.32.